The maximum atomic E-state index is 13.2. The molecule has 72 valence electrons. The van der Waals surface area contributed by atoms with Crippen molar-refractivity contribution in [2.24, 2.45) is 0 Å². The largest absolute Gasteiger partial charge is 0.455 e. The summed E-state index contributed by atoms with van der Waals surface area (Å²) in [7, 11) is 0. The van der Waals surface area contributed by atoms with Gasteiger partial charge in [0, 0.05) is 10.5 Å². The van der Waals surface area contributed by atoms with Gasteiger partial charge in [-0.2, -0.15) is 0 Å². The average molecular weight is 215 g/mol. The number of nitroso groups, excluding NO2 is 1. The Balaban J connectivity index is 2.97. The van der Waals surface area contributed by atoms with E-state index in [9.17, 15) is 14.1 Å². The fraction of sp³-hybridized carbons (Fsp3) is 0. The molecular weight excluding hydrogens is 209 g/mol. The van der Waals surface area contributed by atoms with Crippen molar-refractivity contribution in [3.63, 3.8) is 0 Å². The lowest BCUT2D eigenvalue weighted by atomic mass is 10.2. The smallest absolute Gasteiger partial charge is 0.210 e. The SMILES string of the molecule is O=[NH+]C(=O)/C=C/c1cccc(Cl)c1F. The molecule has 0 radical (unpaired) electrons. The van der Waals surface area contributed by atoms with Crippen LogP contribution in [0.2, 0.25) is 5.02 Å². The van der Waals surface area contributed by atoms with Crippen molar-refractivity contribution in [2.75, 3.05) is 0 Å². The van der Waals surface area contributed by atoms with Gasteiger partial charge in [0.1, 0.15) is 5.82 Å². The van der Waals surface area contributed by atoms with Gasteiger partial charge in [-0.25, -0.2) is 9.18 Å². The summed E-state index contributed by atoms with van der Waals surface area (Å²) in [5.41, 5.74) is 0.154. The second-order valence-corrected chi connectivity index (χ2v) is 2.85. The Labute approximate surface area is 84.2 Å². The van der Waals surface area contributed by atoms with Gasteiger partial charge in [-0.15, -0.1) is 0 Å². The van der Waals surface area contributed by atoms with E-state index in [1.807, 2.05) is 0 Å². The molecule has 0 aliphatic carbocycles. The highest BCUT2D eigenvalue weighted by Crippen LogP contribution is 2.18. The summed E-state index contributed by atoms with van der Waals surface area (Å²) in [6, 6.07) is 4.37. The zero-order valence-corrected chi connectivity index (χ0v) is 7.72. The second-order valence-electron chi connectivity index (χ2n) is 2.44. The number of amides is 1. The number of carbonyl (C=O) groups is 1. The number of hydrogen-bond acceptors (Lipinski definition) is 2. The number of hydrogen-bond donors (Lipinski definition) is 1. The van der Waals surface area contributed by atoms with E-state index in [0.717, 1.165) is 11.3 Å². The predicted octanol–water partition coefficient (Wildman–Crippen LogP) is 0.866. The molecule has 0 atom stereocenters. The molecule has 14 heavy (non-hydrogen) atoms. The van der Waals surface area contributed by atoms with Crippen molar-refractivity contribution in [3.8, 4) is 0 Å². The van der Waals surface area contributed by atoms with Crippen molar-refractivity contribution >= 4 is 23.6 Å². The van der Waals surface area contributed by atoms with Gasteiger partial charge in [-0.3, -0.25) is 0 Å². The molecule has 0 aliphatic rings. The normalized spacial score (nSPS) is 10.4. The van der Waals surface area contributed by atoms with Crippen LogP contribution in [0.4, 0.5) is 4.39 Å². The minimum Gasteiger partial charge on any atom is -0.210 e. The highest BCUT2D eigenvalue weighted by atomic mass is 35.5. The monoisotopic (exact) mass is 214 g/mol. The Morgan fingerprint density at radius 1 is 1.50 bits per heavy atom. The van der Waals surface area contributed by atoms with Crippen molar-refractivity contribution in [2.45, 2.75) is 0 Å². The Morgan fingerprint density at radius 2 is 2.21 bits per heavy atom. The van der Waals surface area contributed by atoms with Gasteiger partial charge in [0.15, 0.2) is 0 Å². The molecule has 3 nitrogen and oxygen atoms in total. The maximum Gasteiger partial charge on any atom is 0.455 e. The minimum absolute atomic E-state index is 0.0327. The van der Waals surface area contributed by atoms with E-state index < -0.39 is 11.7 Å². The van der Waals surface area contributed by atoms with Crippen LogP contribution in [-0.2, 0) is 4.79 Å². The Hall–Kier alpha value is -1.55. The third-order valence-electron chi connectivity index (χ3n) is 1.50. The van der Waals surface area contributed by atoms with Crippen LogP contribution in [0.3, 0.4) is 0 Å². The first-order chi connectivity index (χ1) is 6.65. The summed E-state index contributed by atoms with van der Waals surface area (Å²) >= 11 is 5.49. The molecule has 1 aromatic rings. The number of carbonyl (C=O) groups excluding carboxylic acids is 1. The molecule has 0 saturated carbocycles. The van der Waals surface area contributed by atoms with Crippen LogP contribution in [0, 0.1) is 10.7 Å². The first-order valence-electron chi connectivity index (χ1n) is 3.69. The standard InChI is InChI=1S/C9H5ClFNO2/c10-7-3-1-2-6(9(7)11)4-5-8(13)12-14/h1-5H/p+1/b5-4+. The zero-order valence-electron chi connectivity index (χ0n) is 6.96. The molecule has 0 spiro atoms. The fourth-order valence-corrected chi connectivity index (χ4v) is 1.03. The van der Waals surface area contributed by atoms with Gasteiger partial charge < -0.3 is 0 Å². The molecule has 1 amide bonds. The van der Waals surface area contributed by atoms with E-state index in [1.165, 1.54) is 18.2 Å². The summed E-state index contributed by atoms with van der Waals surface area (Å²) in [5.74, 6) is -1.46. The van der Waals surface area contributed by atoms with E-state index in [2.05, 4.69) is 0 Å². The molecule has 5 heteroatoms. The number of halogens is 2. The lowest BCUT2D eigenvalue weighted by molar-refractivity contribution is -0.391. The number of nitrogens with one attached hydrogen (secondary N) is 1. The van der Waals surface area contributed by atoms with E-state index in [-0.39, 0.29) is 10.6 Å². The first kappa shape index (κ1) is 10.5. The molecule has 0 fully saturated rings. The van der Waals surface area contributed by atoms with Gasteiger partial charge in [-0.1, -0.05) is 23.7 Å². The third-order valence-corrected chi connectivity index (χ3v) is 1.79. The first-order valence-corrected chi connectivity index (χ1v) is 4.07. The topological polar surface area (TPSA) is 48.1 Å². The molecular formula is C9H6ClFNO2+. The summed E-state index contributed by atoms with van der Waals surface area (Å²) in [4.78, 5) is 20.3. The molecule has 1 rings (SSSR count). The molecule has 0 aromatic heterocycles. The van der Waals surface area contributed by atoms with Crippen molar-refractivity contribution in [3.05, 3.63) is 45.6 Å². The zero-order chi connectivity index (χ0) is 10.6. The summed E-state index contributed by atoms with van der Waals surface area (Å²) in [6.45, 7) is 0. The van der Waals surface area contributed by atoms with Crippen LogP contribution < -0.4 is 5.18 Å². The quantitative estimate of drug-likeness (QED) is 0.743. The van der Waals surface area contributed by atoms with Gasteiger partial charge in [0.25, 0.3) is 0 Å². The van der Waals surface area contributed by atoms with Crippen molar-refractivity contribution in [1.29, 1.82) is 0 Å². The van der Waals surface area contributed by atoms with Crippen LogP contribution in [0.5, 0.6) is 0 Å². The summed E-state index contributed by atoms with van der Waals surface area (Å²) < 4.78 is 13.2. The van der Waals surface area contributed by atoms with E-state index in [0.29, 0.717) is 0 Å². The van der Waals surface area contributed by atoms with Gasteiger partial charge in [0.2, 0.25) is 0 Å². The molecule has 1 aromatic carbocycles. The van der Waals surface area contributed by atoms with Crippen LogP contribution in [-0.4, -0.2) is 5.91 Å². The van der Waals surface area contributed by atoms with Crippen LogP contribution in [0.15, 0.2) is 24.3 Å². The van der Waals surface area contributed by atoms with E-state index in [1.54, 1.807) is 6.07 Å². The van der Waals surface area contributed by atoms with Crippen molar-refractivity contribution in [1.82, 2.24) is 0 Å². The molecule has 0 heterocycles. The maximum absolute atomic E-state index is 13.2. The van der Waals surface area contributed by atoms with E-state index >= 15 is 0 Å². The molecule has 1 N–H and O–H groups in total. The fourth-order valence-electron chi connectivity index (χ4n) is 0.849. The highest BCUT2D eigenvalue weighted by molar-refractivity contribution is 6.30. The summed E-state index contributed by atoms with van der Waals surface area (Å²) in [5, 5.41) is 1.11. The average Bonchev–Trinajstić information content (AvgIpc) is 2.20. The lowest BCUT2D eigenvalue weighted by Crippen LogP contribution is -2.68. The predicted molar refractivity (Wildman–Crippen MR) is 49.8 cm³/mol. The van der Waals surface area contributed by atoms with Gasteiger partial charge >= 0.3 is 5.91 Å². The van der Waals surface area contributed by atoms with Crippen LogP contribution >= 0.6 is 11.6 Å². The number of benzene rings is 1. The van der Waals surface area contributed by atoms with Crippen molar-refractivity contribution < 1.29 is 14.4 Å². The minimum atomic E-state index is -0.843. The van der Waals surface area contributed by atoms with Gasteiger partial charge in [0.05, 0.1) is 16.3 Å². The Morgan fingerprint density at radius 3 is 2.86 bits per heavy atom. The lowest BCUT2D eigenvalue weighted by Gasteiger charge is -1.96. The third kappa shape index (κ3) is 2.47. The molecule has 0 unspecified atom stereocenters. The molecule has 0 saturated heterocycles. The summed E-state index contributed by atoms with van der Waals surface area (Å²) in [6.07, 6.45) is 2.11. The Kier molecular flexibility index (Phi) is 3.48. The second kappa shape index (κ2) is 4.62. The highest BCUT2D eigenvalue weighted by Gasteiger charge is 2.05. The molecule has 0 bridgehead atoms. The number of rotatable bonds is 2. The van der Waals surface area contributed by atoms with Crippen LogP contribution in [0.25, 0.3) is 6.08 Å². The van der Waals surface area contributed by atoms with Crippen LogP contribution in [0.1, 0.15) is 5.56 Å². The van der Waals surface area contributed by atoms with E-state index in [4.69, 9.17) is 11.6 Å². The molecule has 0 aliphatic heterocycles. The Bertz CT molecular complexity index is 404. The van der Waals surface area contributed by atoms with Gasteiger partial charge in [-0.05, 0) is 12.1 Å².